The van der Waals surface area contributed by atoms with Gasteiger partial charge in [-0.2, -0.15) is 0 Å². The van der Waals surface area contributed by atoms with Crippen molar-refractivity contribution in [1.82, 2.24) is 4.90 Å². The van der Waals surface area contributed by atoms with E-state index in [0.29, 0.717) is 12.1 Å². The van der Waals surface area contributed by atoms with E-state index in [0.717, 1.165) is 12.8 Å². The molecule has 0 unspecified atom stereocenters. The van der Waals surface area contributed by atoms with Crippen molar-refractivity contribution >= 4 is 0 Å². The molecule has 0 saturated carbocycles. The zero-order chi connectivity index (χ0) is 22.0. The third kappa shape index (κ3) is 6.09. The van der Waals surface area contributed by atoms with Crippen LogP contribution in [0.5, 0.6) is 0 Å². The Bertz CT molecular complexity index is 842. The molecule has 0 bridgehead atoms. The molecule has 3 aromatic rings. The summed E-state index contributed by atoms with van der Waals surface area (Å²) in [4.78, 5) is 2.69. The van der Waals surface area contributed by atoms with Gasteiger partial charge in [-0.1, -0.05) is 91.0 Å². The second-order valence-electron chi connectivity index (χ2n) is 9.20. The summed E-state index contributed by atoms with van der Waals surface area (Å²) < 4.78 is 0. The number of likely N-dealkylation sites (tertiary alicyclic amines) is 1. The van der Waals surface area contributed by atoms with Crippen molar-refractivity contribution in [3.63, 3.8) is 0 Å². The Hall–Kier alpha value is -2.42. The molecule has 0 radical (unpaired) electrons. The molecular weight excluding hydrogens is 390 g/mol. The molecule has 1 aliphatic heterocycles. The van der Waals surface area contributed by atoms with Gasteiger partial charge in [0.05, 0.1) is 12.6 Å². The summed E-state index contributed by atoms with van der Waals surface area (Å²) in [6.45, 7) is 0.189. The number of nitrogens with zero attached hydrogens (tertiary/aromatic N) is 1. The molecule has 168 valence electrons. The maximum absolute atomic E-state index is 10.4. The molecule has 3 atom stereocenters. The van der Waals surface area contributed by atoms with E-state index in [1.165, 1.54) is 55.2 Å². The second kappa shape index (κ2) is 12.0. The van der Waals surface area contributed by atoms with Crippen molar-refractivity contribution in [2.75, 3.05) is 6.61 Å². The smallest absolute Gasteiger partial charge is 0.0628 e. The summed E-state index contributed by atoms with van der Waals surface area (Å²) in [5.74, 6) is 0. The molecule has 1 N–H and O–H groups in total. The monoisotopic (exact) mass is 427 g/mol. The number of benzene rings is 3. The number of hydrogen-bond acceptors (Lipinski definition) is 2. The highest BCUT2D eigenvalue weighted by Crippen LogP contribution is 2.38. The Morgan fingerprint density at radius 2 is 1.09 bits per heavy atom. The van der Waals surface area contributed by atoms with Crippen LogP contribution in [-0.4, -0.2) is 28.7 Å². The highest BCUT2D eigenvalue weighted by molar-refractivity contribution is 5.21. The highest BCUT2D eigenvalue weighted by atomic mass is 16.3. The Kier molecular flexibility index (Phi) is 8.53. The Morgan fingerprint density at radius 1 is 0.656 bits per heavy atom. The molecule has 2 nitrogen and oxygen atoms in total. The van der Waals surface area contributed by atoms with Gasteiger partial charge in [0.15, 0.2) is 0 Å². The average Bonchev–Trinajstić information content (AvgIpc) is 3.24. The van der Waals surface area contributed by atoms with Gasteiger partial charge in [0, 0.05) is 12.1 Å². The van der Waals surface area contributed by atoms with Crippen LogP contribution in [0.1, 0.15) is 61.3 Å². The fourth-order valence-electron chi connectivity index (χ4n) is 5.50. The third-order valence-corrected chi connectivity index (χ3v) is 7.08. The average molecular weight is 428 g/mol. The van der Waals surface area contributed by atoms with Crippen molar-refractivity contribution in [3.8, 4) is 0 Å². The highest BCUT2D eigenvalue weighted by Gasteiger charge is 2.37. The first-order valence-electron chi connectivity index (χ1n) is 12.4. The van der Waals surface area contributed by atoms with Crippen LogP contribution in [0.4, 0.5) is 0 Å². The Morgan fingerprint density at radius 3 is 1.53 bits per heavy atom. The van der Waals surface area contributed by atoms with E-state index in [-0.39, 0.29) is 12.6 Å². The van der Waals surface area contributed by atoms with Gasteiger partial charge in [0.25, 0.3) is 0 Å². The standard InChI is InChI=1S/C30H37NO/c32-24-30(27-18-8-3-9-19-27)31-28(20-10-16-25-12-4-1-5-13-25)22-23-29(31)21-11-17-26-14-6-2-7-15-26/h1-9,12-15,18-19,28-30,32H,10-11,16-17,20-24H2/t28-,29+,30-/m1/s1. The molecule has 1 fully saturated rings. The maximum Gasteiger partial charge on any atom is 0.0628 e. The lowest BCUT2D eigenvalue weighted by Gasteiger charge is -2.37. The van der Waals surface area contributed by atoms with Crippen LogP contribution < -0.4 is 0 Å². The first kappa shape index (κ1) is 22.8. The number of aryl methyl sites for hydroxylation is 2. The van der Waals surface area contributed by atoms with E-state index in [1.54, 1.807) is 0 Å². The molecule has 1 heterocycles. The van der Waals surface area contributed by atoms with Gasteiger partial charge in [-0.05, 0) is 68.1 Å². The van der Waals surface area contributed by atoms with Crippen LogP contribution >= 0.6 is 0 Å². The quantitative estimate of drug-likeness (QED) is 0.373. The van der Waals surface area contributed by atoms with Gasteiger partial charge in [-0.3, -0.25) is 4.90 Å². The van der Waals surface area contributed by atoms with Gasteiger partial charge in [-0.25, -0.2) is 0 Å². The molecule has 0 amide bonds. The van der Waals surface area contributed by atoms with Crippen LogP contribution in [0, 0.1) is 0 Å². The fourth-order valence-corrected chi connectivity index (χ4v) is 5.50. The van der Waals surface area contributed by atoms with Crippen LogP contribution in [0.2, 0.25) is 0 Å². The van der Waals surface area contributed by atoms with Crippen LogP contribution in [-0.2, 0) is 12.8 Å². The minimum absolute atomic E-state index is 0.0992. The van der Waals surface area contributed by atoms with Crippen molar-refractivity contribution in [2.24, 2.45) is 0 Å². The number of aliphatic hydroxyl groups is 1. The second-order valence-corrected chi connectivity index (χ2v) is 9.20. The number of rotatable bonds is 11. The van der Waals surface area contributed by atoms with Gasteiger partial charge in [0.2, 0.25) is 0 Å². The summed E-state index contributed by atoms with van der Waals surface area (Å²) in [7, 11) is 0. The summed E-state index contributed by atoms with van der Waals surface area (Å²) in [6, 6.07) is 33.5. The van der Waals surface area contributed by atoms with E-state index in [2.05, 4.69) is 95.9 Å². The molecule has 4 rings (SSSR count). The molecule has 3 aromatic carbocycles. The topological polar surface area (TPSA) is 23.5 Å². The first-order valence-corrected chi connectivity index (χ1v) is 12.4. The summed E-state index contributed by atoms with van der Waals surface area (Å²) in [5, 5.41) is 10.4. The predicted molar refractivity (Wildman–Crippen MR) is 134 cm³/mol. The third-order valence-electron chi connectivity index (χ3n) is 7.08. The molecular formula is C30H37NO. The lowest BCUT2D eigenvalue weighted by Crippen LogP contribution is -2.41. The van der Waals surface area contributed by atoms with Gasteiger partial charge in [-0.15, -0.1) is 0 Å². The van der Waals surface area contributed by atoms with Gasteiger partial charge in [0.1, 0.15) is 0 Å². The molecule has 0 spiro atoms. The van der Waals surface area contributed by atoms with Crippen LogP contribution in [0.3, 0.4) is 0 Å². The van der Waals surface area contributed by atoms with Crippen molar-refractivity contribution in [3.05, 3.63) is 108 Å². The maximum atomic E-state index is 10.4. The molecule has 0 aliphatic carbocycles. The van der Waals surface area contributed by atoms with Crippen LogP contribution in [0.25, 0.3) is 0 Å². The van der Waals surface area contributed by atoms with E-state index in [1.807, 2.05) is 0 Å². The number of hydrogen-bond donors (Lipinski definition) is 1. The van der Waals surface area contributed by atoms with E-state index in [9.17, 15) is 5.11 Å². The Labute approximate surface area is 193 Å². The zero-order valence-corrected chi connectivity index (χ0v) is 19.2. The van der Waals surface area contributed by atoms with Crippen molar-refractivity contribution < 1.29 is 5.11 Å². The normalized spacial score (nSPS) is 19.8. The van der Waals surface area contributed by atoms with E-state index >= 15 is 0 Å². The molecule has 1 saturated heterocycles. The van der Waals surface area contributed by atoms with E-state index < -0.39 is 0 Å². The largest absolute Gasteiger partial charge is 0.394 e. The number of aliphatic hydroxyl groups excluding tert-OH is 1. The van der Waals surface area contributed by atoms with Gasteiger partial charge < -0.3 is 5.11 Å². The first-order chi connectivity index (χ1) is 15.8. The minimum Gasteiger partial charge on any atom is -0.394 e. The lowest BCUT2D eigenvalue weighted by molar-refractivity contribution is 0.0691. The van der Waals surface area contributed by atoms with Gasteiger partial charge >= 0.3 is 0 Å². The predicted octanol–water partition coefficient (Wildman–Crippen LogP) is 6.60. The van der Waals surface area contributed by atoms with Crippen molar-refractivity contribution in [2.45, 2.75) is 69.5 Å². The Balaban J connectivity index is 1.42. The van der Waals surface area contributed by atoms with Crippen molar-refractivity contribution in [1.29, 1.82) is 0 Å². The minimum atomic E-state index is 0.0992. The molecule has 32 heavy (non-hydrogen) atoms. The van der Waals surface area contributed by atoms with Crippen LogP contribution in [0.15, 0.2) is 91.0 Å². The van der Waals surface area contributed by atoms with E-state index in [4.69, 9.17) is 0 Å². The molecule has 2 heteroatoms. The summed E-state index contributed by atoms with van der Waals surface area (Å²) >= 11 is 0. The SMILES string of the molecule is OC[C@H](c1ccccc1)N1[C@H](CCCc2ccccc2)CC[C@@H]1CCCc1ccccc1. The fraction of sp³-hybridized carbons (Fsp3) is 0.400. The molecule has 1 aliphatic rings. The molecule has 0 aromatic heterocycles. The zero-order valence-electron chi connectivity index (χ0n) is 19.2. The summed E-state index contributed by atoms with van der Waals surface area (Å²) in [5.41, 5.74) is 4.11. The lowest BCUT2D eigenvalue weighted by atomic mass is 9.99. The summed E-state index contributed by atoms with van der Waals surface area (Å²) in [6.07, 6.45) is 9.57.